The molecule has 0 unspecified atom stereocenters. The van der Waals surface area contributed by atoms with E-state index >= 15 is 0 Å². The number of nitrogens with zero attached hydrogens (tertiary/aromatic N) is 4. The Labute approximate surface area is 132 Å². The summed E-state index contributed by atoms with van der Waals surface area (Å²) in [6, 6.07) is 6.02. The lowest BCUT2D eigenvalue weighted by Gasteiger charge is -2.11. The average Bonchev–Trinajstić information content (AvgIpc) is 3.10. The molecule has 1 aromatic heterocycles. The fourth-order valence-electron chi connectivity index (χ4n) is 2.33. The van der Waals surface area contributed by atoms with Gasteiger partial charge in [-0.2, -0.15) is 10.2 Å². The Kier molecular flexibility index (Phi) is 4.06. The molecule has 1 N–H and O–H groups in total. The second-order valence-corrected chi connectivity index (χ2v) is 5.92. The topological polar surface area (TPSA) is 71.6 Å². The number of benzene rings is 1. The first-order valence-electron chi connectivity index (χ1n) is 6.78. The molecule has 0 saturated carbocycles. The standard InChI is InChI=1S/C15H15N5OS/c1-10-6-11(2)14(20-5-3-4-17-20)12(7-10)8-16-19-15-18-13(21)9-22-15/h3-8H,9H2,1-2H3,(H,18,19,21). The Hall–Kier alpha value is -2.41. The fraction of sp³-hybridized carbons (Fsp3) is 0.200. The van der Waals surface area contributed by atoms with E-state index in [2.05, 4.69) is 26.7 Å². The van der Waals surface area contributed by atoms with Gasteiger partial charge >= 0.3 is 0 Å². The predicted molar refractivity (Wildman–Crippen MR) is 88.7 cm³/mol. The van der Waals surface area contributed by atoms with Gasteiger partial charge in [0, 0.05) is 18.0 Å². The summed E-state index contributed by atoms with van der Waals surface area (Å²) in [5, 5.41) is 15.6. The molecule has 1 fully saturated rings. The molecule has 1 aliphatic heterocycles. The van der Waals surface area contributed by atoms with Crippen molar-refractivity contribution in [2.45, 2.75) is 13.8 Å². The zero-order chi connectivity index (χ0) is 15.5. The Morgan fingerprint density at radius 2 is 2.27 bits per heavy atom. The molecule has 1 aromatic carbocycles. The SMILES string of the molecule is Cc1cc(C)c(-n2cccn2)c(C=NN=C2NC(=O)CS2)c1. The van der Waals surface area contributed by atoms with Gasteiger partial charge in [0.15, 0.2) is 5.17 Å². The van der Waals surface area contributed by atoms with Crippen molar-refractivity contribution in [2.24, 2.45) is 10.2 Å². The lowest BCUT2D eigenvalue weighted by molar-refractivity contribution is -0.116. The van der Waals surface area contributed by atoms with Crippen molar-refractivity contribution < 1.29 is 4.79 Å². The second kappa shape index (κ2) is 6.15. The third kappa shape index (κ3) is 3.09. The number of carbonyl (C=O) groups excluding carboxylic acids is 1. The minimum absolute atomic E-state index is 0.0393. The third-order valence-corrected chi connectivity index (χ3v) is 4.00. The van der Waals surface area contributed by atoms with Gasteiger partial charge in [0.2, 0.25) is 5.91 Å². The van der Waals surface area contributed by atoms with Gasteiger partial charge in [-0.25, -0.2) is 4.68 Å². The third-order valence-electron chi connectivity index (χ3n) is 3.14. The van der Waals surface area contributed by atoms with Crippen molar-refractivity contribution in [1.29, 1.82) is 0 Å². The van der Waals surface area contributed by atoms with Crippen LogP contribution in [-0.4, -0.2) is 32.8 Å². The van der Waals surface area contributed by atoms with E-state index in [4.69, 9.17) is 0 Å². The molecular formula is C15H15N5OS. The smallest absolute Gasteiger partial charge is 0.236 e. The molecule has 0 spiro atoms. The van der Waals surface area contributed by atoms with Crippen molar-refractivity contribution in [3.8, 4) is 5.69 Å². The zero-order valence-corrected chi connectivity index (χ0v) is 13.1. The maximum absolute atomic E-state index is 11.1. The average molecular weight is 313 g/mol. The number of nitrogens with one attached hydrogen (secondary N) is 1. The van der Waals surface area contributed by atoms with E-state index in [0.717, 1.165) is 22.4 Å². The molecule has 1 saturated heterocycles. The molecule has 0 radical (unpaired) electrons. The number of carbonyl (C=O) groups is 1. The molecule has 0 aliphatic carbocycles. The molecule has 6 nitrogen and oxygen atoms in total. The molecule has 0 atom stereocenters. The van der Waals surface area contributed by atoms with Crippen molar-refractivity contribution in [1.82, 2.24) is 15.1 Å². The quantitative estimate of drug-likeness (QED) is 0.696. The maximum atomic E-state index is 11.1. The van der Waals surface area contributed by atoms with Gasteiger partial charge in [0.1, 0.15) is 0 Å². The van der Waals surface area contributed by atoms with Crippen LogP contribution in [0.25, 0.3) is 5.69 Å². The van der Waals surface area contributed by atoms with E-state index in [1.165, 1.54) is 11.8 Å². The minimum atomic E-state index is -0.0393. The van der Waals surface area contributed by atoms with E-state index in [1.54, 1.807) is 12.4 Å². The van der Waals surface area contributed by atoms with E-state index in [9.17, 15) is 4.79 Å². The molecule has 112 valence electrons. The minimum Gasteiger partial charge on any atom is -0.303 e. The lowest BCUT2D eigenvalue weighted by Crippen LogP contribution is -2.19. The van der Waals surface area contributed by atoms with E-state index in [0.29, 0.717) is 10.9 Å². The van der Waals surface area contributed by atoms with Crippen molar-refractivity contribution in [2.75, 3.05) is 5.75 Å². The molecule has 2 aromatic rings. The summed E-state index contributed by atoms with van der Waals surface area (Å²) in [6.07, 6.45) is 5.33. The van der Waals surface area contributed by atoms with Gasteiger partial charge in [0.05, 0.1) is 17.7 Å². The van der Waals surface area contributed by atoms with E-state index in [1.807, 2.05) is 36.9 Å². The lowest BCUT2D eigenvalue weighted by atomic mass is 10.0. The van der Waals surface area contributed by atoms with Crippen molar-refractivity contribution >= 4 is 29.1 Å². The Bertz CT molecular complexity index is 764. The van der Waals surface area contributed by atoms with E-state index in [-0.39, 0.29) is 5.91 Å². The summed E-state index contributed by atoms with van der Waals surface area (Å²) in [5.41, 5.74) is 4.16. The molecule has 3 rings (SSSR count). The van der Waals surface area contributed by atoms with Crippen LogP contribution in [-0.2, 0) is 4.79 Å². The molecule has 22 heavy (non-hydrogen) atoms. The fourth-order valence-corrected chi connectivity index (χ4v) is 2.96. The Morgan fingerprint density at radius 3 is 2.95 bits per heavy atom. The maximum Gasteiger partial charge on any atom is 0.236 e. The largest absolute Gasteiger partial charge is 0.303 e. The molecular weight excluding hydrogens is 298 g/mol. The number of hydrogen-bond acceptors (Lipinski definition) is 5. The van der Waals surface area contributed by atoms with Crippen LogP contribution in [0.4, 0.5) is 0 Å². The summed E-state index contributed by atoms with van der Waals surface area (Å²) < 4.78 is 1.81. The first-order valence-corrected chi connectivity index (χ1v) is 7.77. The molecule has 7 heteroatoms. The van der Waals surface area contributed by atoms with E-state index < -0.39 is 0 Å². The first kappa shape index (κ1) is 14.5. The monoisotopic (exact) mass is 313 g/mol. The number of rotatable bonds is 3. The summed E-state index contributed by atoms with van der Waals surface area (Å²) in [7, 11) is 0. The van der Waals surface area contributed by atoms with Gasteiger partial charge in [-0.15, -0.1) is 5.10 Å². The number of hydrogen-bond donors (Lipinski definition) is 1. The van der Waals surface area contributed by atoms with Gasteiger partial charge in [0.25, 0.3) is 0 Å². The predicted octanol–water partition coefficient (Wildman–Crippen LogP) is 2.04. The molecule has 0 bridgehead atoms. The van der Waals surface area contributed by atoms with Gasteiger partial charge < -0.3 is 5.32 Å². The summed E-state index contributed by atoms with van der Waals surface area (Å²) in [4.78, 5) is 11.1. The van der Waals surface area contributed by atoms with Gasteiger partial charge in [-0.05, 0) is 31.5 Å². The van der Waals surface area contributed by atoms with Crippen LogP contribution in [0.15, 0.2) is 40.8 Å². The zero-order valence-electron chi connectivity index (χ0n) is 12.3. The van der Waals surface area contributed by atoms with Crippen LogP contribution in [0.3, 0.4) is 0 Å². The van der Waals surface area contributed by atoms with Crippen molar-refractivity contribution in [3.63, 3.8) is 0 Å². The number of thioether (sulfide) groups is 1. The van der Waals surface area contributed by atoms with Crippen LogP contribution in [0.2, 0.25) is 0 Å². The first-order chi connectivity index (χ1) is 10.6. The number of amides is 1. The molecule has 2 heterocycles. The normalized spacial score (nSPS) is 16.6. The molecule has 1 aliphatic rings. The van der Waals surface area contributed by atoms with Gasteiger partial charge in [-0.3, -0.25) is 4.79 Å². The Morgan fingerprint density at radius 1 is 1.41 bits per heavy atom. The summed E-state index contributed by atoms with van der Waals surface area (Å²) in [5.74, 6) is 0.360. The van der Waals surface area contributed by atoms with Crippen LogP contribution < -0.4 is 5.32 Å². The highest BCUT2D eigenvalue weighted by molar-refractivity contribution is 8.15. The summed E-state index contributed by atoms with van der Waals surface area (Å²) >= 11 is 1.35. The Balaban J connectivity index is 1.94. The van der Waals surface area contributed by atoms with Crippen LogP contribution in [0.1, 0.15) is 16.7 Å². The highest BCUT2D eigenvalue weighted by atomic mass is 32.2. The van der Waals surface area contributed by atoms with Crippen LogP contribution in [0.5, 0.6) is 0 Å². The summed E-state index contributed by atoms with van der Waals surface area (Å²) in [6.45, 7) is 4.08. The second-order valence-electron chi connectivity index (χ2n) is 4.96. The number of aryl methyl sites for hydroxylation is 2. The highest BCUT2D eigenvalue weighted by Crippen LogP contribution is 2.19. The number of amidine groups is 1. The molecule has 1 amide bonds. The van der Waals surface area contributed by atoms with Crippen LogP contribution in [0, 0.1) is 13.8 Å². The van der Waals surface area contributed by atoms with Gasteiger partial charge in [-0.1, -0.05) is 23.4 Å². The van der Waals surface area contributed by atoms with Crippen LogP contribution >= 0.6 is 11.8 Å². The number of aromatic nitrogens is 2. The van der Waals surface area contributed by atoms with Crippen molar-refractivity contribution in [3.05, 3.63) is 47.3 Å². The highest BCUT2D eigenvalue weighted by Gasteiger charge is 2.16.